The standard InChI is InChI=1S/C22H21N3O4/c23-15-16-5-7-18(8-6-16)27-13-14-28-21(26)17-9-11-25(12-10-17)22-24-19-3-1-2-4-20(19)29-22/h1-8,17H,9-14H2. The minimum absolute atomic E-state index is 0.120. The average molecular weight is 391 g/mol. The van der Waals surface area contributed by atoms with E-state index in [1.807, 2.05) is 24.3 Å². The lowest BCUT2D eigenvalue weighted by Gasteiger charge is -2.29. The van der Waals surface area contributed by atoms with Crippen LogP contribution in [0.25, 0.3) is 11.1 Å². The monoisotopic (exact) mass is 391 g/mol. The second kappa shape index (κ2) is 8.65. The molecule has 2 heterocycles. The molecule has 0 spiro atoms. The molecule has 0 saturated carbocycles. The molecule has 0 N–H and O–H groups in total. The van der Waals surface area contributed by atoms with Gasteiger partial charge in [-0.05, 0) is 49.2 Å². The molecule has 1 saturated heterocycles. The summed E-state index contributed by atoms with van der Waals surface area (Å²) in [7, 11) is 0. The van der Waals surface area contributed by atoms with E-state index in [0.29, 0.717) is 43.3 Å². The second-order valence-electron chi connectivity index (χ2n) is 6.88. The van der Waals surface area contributed by atoms with Crippen LogP contribution in [0, 0.1) is 17.2 Å². The predicted molar refractivity (Wildman–Crippen MR) is 107 cm³/mol. The number of rotatable bonds is 6. The van der Waals surface area contributed by atoms with Crippen LogP contribution in [0.3, 0.4) is 0 Å². The van der Waals surface area contributed by atoms with Gasteiger partial charge >= 0.3 is 5.97 Å². The van der Waals surface area contributed by atoms with Crippen LogP contribution in [-0.4, -0.2) is 37.3 Å². The fourth-order valence-corrected chi connectivity index (χ4v) is 3.35. The first kappa shape index (κ1) is 18.8. The molecular weight excluding hydrogens is 370 g/mol. The number of esters is 1. The number of para-hydroxylation sites is 2. The van der Waals surface area contributed by atoms with Crippen LogP contribution >= 0.6 is 0 Å². The molecule has 0 atom stereocenters. The number of fused-ring (bicyclic) bond motifs is 1. The number of carbonyl (C=O) groups excluding carboxylic acids is 1. The highest BCUT2D eigenvalue weighted by atomic mass is 16.6. The summed E-state index contributed by atoms with van der Waals surface area (Å²) in [5, 5.41) is 8.78. The first-order valence-electron chi connectivity index (χ1n) is 9.63. The molecule has 148 valence electrons. The Labute approximate surface area is 168 Å². The number of oxazole rings is 1. The third-order valence-electron chi connectivity index (χ3n) is 4.96. The van der Waals surface area contributed by atoms with Crippen molar-refractivity contribution < 1.29 is 18.7 Å². The number of aromatic nitrogens is 1. The van der Waals surface area contributed by atoms with Crippen molar-refractivity contribution in [3.63, 3.8) is 0 Å². The van der Waals surface area contributed by atoms with Gasteiger partial charge in [-0.25, -0.2) is 0 Å². The number of nitrogens with zero attached hydrogens (tertiary/aromatic N) is 3. The second-order valence-corrected chi connectivity index (χ2v) is 6.88. The van der Waals surface area contributed by atoms with Crippen LogP contribution in [0.4, 0.5) is 6.01 Å². The number of piperidine rings is 1. The van der Waals surface area contributed by atoms with E-state index in [-0.39, 0.29) is 25.1 Å². The van der Waals surface area contributed by atoms with Crippen molar-refractivity contribution in [2.24, 2.45) is 5.92 Å². The molecule has 2 aromatic carbocycles. The molecular formula is C22H21N3O4. The molecule has 4 rings (SSSR count). The van der Waals surface area contributed by atoms with Gasteiger partial charge in [0.15, 0.2) is 5.58 Å². The third-order valence-corrected chi connectivity index (χ3v) is 4.96. The first-order chi connectivity index (χ1) is 14.2. The molecule has 0 bridgehead atoms. The molecule has 1 aliphatic rings. The Hall–Kier alpha value is -3.53. The van der Waals surface area contributed by atoms with Gasteiger partial charge in [0, 0.05) is 13.1 Å². The van der Waals surface area contributed by atoms with Crippen LogP contribution in [0.5, 0.6) is 5.75 Å². The molecule has 7 nitrogen and oxygen atoms in total. The number of carbonyl (C=O) groups is 1. The Bertz CT molecular complexity index is 981. The van der Waals surface area contributed by atoms with Crippen LogP contribution in [0.15, 0.2) is 52.9 Å². The maximum absolute atomic E-state index is 12.3. The Kier molecular flexibility index (Phi) is 5.61. The molecule has 3 aromatic rings. The number of hydrogen-bond acceptors (Lipinski definition) is 7. The van der Waals surface area contributed by atoms with Crippen molar-refractivity contribution in [2.75, 3.05) is 31.2 Å². The minimum atomic E-state index is -0.189. The number of nitriles is 1. The van der Waals surface area contributed by atoms with E-state index < -0.39 is 0 Å². The highest BCUT2D eigenvalue weighted by Gasteiger charge is 2.28. The van der Waals surface area contributed by atoms with Gasteiger partial charge in [0.05, 0.1) is 17.6 Å². The van der Waals surface area contributed by atoms with E-state index in [1.165, 1.54) is 0 Å². The van der Waals surface area contributed by atoms with E-state index in [9.17, 15) is 4.79 Å². The third kappa shape index (κ3) is 4.49. The first-order valence-corrected chi connectivity index (χ1v) is 9.63. The fraction of sp³-hybridized carbons (Fsp3) is 0.318. The fourth-order valence-electron chi connectivity index (χ4n) is 3.35. The van der Waals surface area contributed by atoms with Gasteiger partial charge in [0.2, 0.25) is 0 Å². The molecule has 7 heteroatoms. The van der Waals surface area contributed by atoms with E-state index >= 15 is 0 Å². The predicted octanol–water partition coefficient (Wildman–Crippen LogP) is 3.54. The topological polar surface area (TPSA) is 88.6 Å². The lowest BCUT2D eigenvalue weighted by molar-refractivity contribution is -0.150. The van der Waals surface area contributed by atoms with Gasteiger partial charge in [-0.3, -0.25) is 4.79 Å². The van der Waals surface area contributed by atoms with E-state index in [1.54, 1.807) is 24.3 Å². The van der Waals surface area contributed by atoms with Crippen LogP contribution in [0.1, 0.15) is 18.4 Å². The molecule has 0 unspecified atom stereocenters. The number of ether oxygens (including phenoxy) is 2. The normalized spacial score (nSPS) is 14.5. The maximum Gasteiger partial charge on any atom is 0.309 e. The van der Waals surface area contributed by atoms with Crippen LogP contribution in [-0.2, 0) is 9.53 Å². The van der Waals surface area contributed by atoms with Crippen molar-refractivity contribution in [1.82, 2.24) is 4.98 Å². The zero-order chi connectivity index (χ0) is 20.1. The summed E-state index contributed by atoms with van der Waals surface area (Å²) >= 11 is 0. The Morgan fingerprint density at radius 3 is 2.62 bits per heavy atom. The lowest BCUT2D eigenvalue weighted by atomic mass is 9.97. The maximum atomic E-state index is 12.3. The van der Waals surface area contributed by atoms with Gasteiger partial charge in [0.1, 0.15) is 24.5 Å². The SMILES string of the molecule is N#Cc1ccc(OCCOC(=O)C2CCN(c3nc4ccccc4o3)CC2)cc1. The molecule has 29 heavy (non-hydrogen) atoms. The number of hydrogen-bond donors (Lipinski definition) is 0. The van der Waals surface area contributed by atoms with E-state index in [0.717, 1.165) is 11.1 Å². The molecule has 1 aromatic heterocycles. The summed E-state index contributed by atoms with van der Waals surface area (Å²) in [6.45, 7) is 1.88. The van der Waals surface area contributed by atoms with Crippen molar-refractivity contribution >= 4 is 23.1 Å². The van der Waals surface area contributed by atoms with Gasteiger partial charge < -0.3 is 18.8 Å². The molecule has 0 aliphatic carbocycles. The summed E-state index contributed by atoms with van der Waals surface area (Å²) in [6, 6.07) is 17.2. The van der Waals surface area contributed by atoms with Crippen molar-refractivity contribution in [3.05, 3.63) is 54.1 Å². The molecule has 1 fully saturated rings. The van der Waals surface area contributed by atoms with Crippen LogP contribution < -0.4 is 9.64 Å². The van der Waals surface area contributed by atoms with Crippen molar-refractivity contribution in [1.29, 1.82) is 5.26 Å². The smallest absolute Gasteiger partial charge is 0.309 e. The number of anilines is 1. The minimum Gasteiger partial charge on any atom is -0.490 e. The zero-order valence-corrected chi connectivity index (χ0v) is 15.9. The quantitative estimate of drug-likeness (QED) is 0.469. The summed E-state index contributed by atoms with van der Waals surface area (Å²) in [5.41, 5.74) is 2.19. The van der Waals surface area contributed by atoms with Gasteiger partial charge in [-0.2, -0.15) is 10.2 Å². The molecule has 1 aliphatic heterocycles. The van der Waals surface area contributed by atoms with E-state index in [2.05, 4.69) is 16.0 Å². The highest BCUT2D eigenvalue weighted by molar-refractivity contribution is 5.75. The van der Waals surface area contributed by atoms with Crippen molar-refractivity contribution in [2.45, 2.75) is 12.8 Å². The highest BCUT2D eigenvalue weighted by Crippen LogP contribution is 2.26. The van der Waals surface area contributed by atoms with Gasteiger partial charge in [-0.15, -0.1) is 0 Å². The Balaban J connectivity index is 1.20. The Morgan fingerprint density at radius 2 is 1.90 bits per heavy atom. The summed E-state index contributed by atoms with van der Waals surface area (Å²) in [4.78, 5) is 18.9. The van der Waals surface area contributed by atoms with Gasteiger partial charge in [0.25, 0.3) is 6.01 Å². The average Bonchev–Trinajstić information content (AvgIpc) is 3.21. The number of benzene rings is 2. The largest absolute Gasteiger partial charge is 0.490 e. The van der Waals surface area contributed by atoms with Crippen molar-refractivity contribution in [3.8, 4) is 11.8 Å². The lowest BCUT2D eigenvalue weighted by Crippen LogP contribution is -2.37. The molecule has 0 radical (unpaired) electrons. The summed E-state index contributed by atoms with van der Waals surface area (Å²) in [5.74, 6) is 0.336. The summed E-state index contributed by atoms with van der Waals surface area (Å²) in [6.07, 6.45) is 1.40. The molecule has 0 amide bonds. The Morgan fingerprint density at radius 1 is 1.14 bits per heavy atom. The van der Waals surface area contributed by atoms with Crippen LogP contribution in [0.2, 0.25) is 0 Å². The zero-order valence-electron chi connectivity index (χ0n) is 15.9. The summed E-state index contributed by atoms with van der Waals surface area (Å²) < 4.78 is 16.7. The van der Waals surface area contributed by atoms with Gasteiger partial charge in [-0.1, -0.05) is 12.1 Å². The van der Waals surface area contributed by atoms with E-state index in [4.69, 9.17) is 19.2 Å².